The van der Waals surface area contributed by atoms with E-state index >= 15 is 0 Å². The Labute approximate surface area is 240 Å². The Morgan fingerprint density at radius 3 is 2.56 bits per heavy atom. The maximum atomic E-state index is 14.0. The van der Waals surface area contributed by atoms with Gasteiger partial charge in [0.2, 0.25) is 0 Å². The Bertz CT molecular complexity index is 1370. The number of hydrogen-bond donors (Lipinski definition) is 3. The molecule has 2 fully saturated rings. The number of amides is 2. The highest BCUT2D eigenvalue weighted by atomic mass is 32.1. The number of aryl methyl sites for hydroxylation is 1. The second-order valence-corrected chi connectivity index (χ2v) is 11.6. The van der Waals surface area contributed by atoms with Crippen molar-refractivity contribution in [2.24, 2.45) is 0 Å². The maximum Gasteiger partial charge on any atom is 0.416 e. The highest BCUT2D eigenvalue weighted by Crippen LogP contribution is 2.36. The van der Waals surface area contributed by atoms with Gasteiger partial charge in [0.15, 0.2) is 0 Å². The highest BCUT2D eigenvalue weighted by Gasteiger charge is 2.37. The SMILES string of the molecule is Cc1csc([C@H]2CCCN2C(=O)c2cc(C(=O)N[C@@H](Cc3ccccc3)[C@H](O)[C@H]3CCCN3)cc(C(F)(F)F)c2)n1. The van der Waals surface area contributed by atoms with Gasteiger partial charge in [-0.25, -0.2) is 4.98 Å². The molecule has 2 aliphatic heterocycles. The first-order valence-electron chi connectivity index (χ1n) is 13.8. The summed E-state index contributed by atoms with van der Waals surface area (Å²) in [6.45, 7) is 2.98. The zero-order valence-electron chi connectivity index (χ0n) is 22.7. The fourth-order valence-corrected chi connectivity index (χ4v) is 6.61. The van der Waals surface area contributed by atoms with Gasteiger partial charge in [-0.05, 0) is 69.3 Å². The number of alkyl halides is 3. The van der Waals surface area contributed by atoms with E-state index in [0.717, 1.165) is 47.8 Å². The molecule has 2 saturated heterocycles. The number of nitrogens with zero attached hydrogens (tertiary/aromatic N) is 2. The molecule has 4 atom stereocenters. The second kappa shape index (κ2) is 12.3. The minimum atomic E-state index is -4.77. The predicted octanol–water partition coefficient (Wildman–Crippen LogP) is 4.90. The normalized spacial score (nSPS) is 20.7. The van der Waals surface area contributed by atoms with Crippen molar-refractivity contribution in [3.8, 4) is 0 Å². The lowest BCUT2D eigenvalue weighted by Gasteiger charge is -2.29. The molecule has 7 nitrogen and oxygen atoms in total. The number of nitrogens with one attached hydrogen (secondary N) is 2. The molecular weight excluding hydrogens is 553 g/mol. The van der Waals surface area contributed by atoms with Gasteiger partial charge in [-0.2, -0.15) is 13.2 Å². The molecule has 0 aliphatic carbocycles. The van der Waals surface area contributed by atoms with Crippen LogP contribution in [-0.4, -0.2) is 58.1 Å². The molecule has 41 heavy (non-hydrogen) atoms. The van der Waals surface area contributed by atoms with Gasteiger partial charge in [-0.3, -0.25) is 9.59 Å². The van der Waals surface area contributed by atoms with Gasteiger partial charge in [0.05, 0.1) is 23.8 Å². The van der Waals surface area contributed by atoms with Crippen molar-refractivity contribution in [1.82, 2.24) is 20.5 Å². The molecule has 5 rings (SSSR count). The number of rotatable bonds is 8. The molecule has 3 N–H and O–H groups in total. The number of halogens is 3. The average molecular weight is 587 g/mol. The quantitative estimate of drug-likeness (QED) is 0.349. The van der Waals surface area contributed by atoms with Crippen LogP contribution in [-0.2, 0) is 12.6 Å². The Balaban J connectivity index is 1.43. The number of carbonyl (C=O) groups is 2. The zero-order chi connectivity index (χ0) is 29.1. The maximum absolute atomic E-state index is 14.0. The Hall–Kier alpha value is -3.28. The number of likely N-dealkylation sites (tertiary alicyclic amines) is 1. The summed E-state index contributed by atoms with van der Waals surface area (Å²) in [6, 6.07) is 10.7. The summed E-state index contributed by atoms with van der Waals surface area (Å²) in [7, 11) is 0. The minimum absolute atomic E-state index is 0.206. The molecule has 1 aromatic heterocycles. The van der Waals surface area contributed by atoms with Crippen LogP contribution in [0.1, 0.15) is 74.3 Å². The molecule has 2 aromatic carbocycles. The lowest BCUT2D eigenvalue weighted by atomic mass is 9.94. The van der Waals surface area contributed by atoms with Gasteiger partial charge in [0, 0.05) is 34.8 Å². The lowest BCUT2D eigenvalue weighted by Crippen LogP contribution is -2.52. The number of thiazole rings is 1. The molecule has 2 amide bonds. The Morgan fingerprint density at radius 2 is 1.90 bits per heavy atom. The van der Waals surface area contributed by atoms with Crippen LogP contribution in [0.25, 0.3) is 0 Å². The summed E-state index contributed by atoms with van der Waals surface area (Å²) in [6.07, 6.45) is -2.46. The largest absolute Gasteiger partial charge is 0.416 e. The zero-order valence-corrected chi connectivity index (χ0v) is 23.5. The van der Waals surface area contributed by atoms with E-state index in [1.54, 1.807) is 4.90 Å². The van der Waals surface area contributed by atoms with Crippen LogP contribution in [0.4, 0.5) is 13.2 Å². The van der Waals surface area contributed by atoms with Crippen LogP contribution in [0.15, 0.2) is 53.9 Å². The number of hydrogen-bond acceptors (Lipinski definition) is 6. The molecule has 0 spiro atoms. The van der Waals surface area contributed by atoms with Crippen LogP contribution in [0.3, 0.4) is 0 Å². The van der Waals surface area contributed by atoms with Gasteiger partial charge >= 0.3 is 6.18 Å². The van der Waals surface area contributed by atoms with Crippen molar-refractivity contribution < 1.29 is 27.9 Å². The van der Waals surface area contributed by atoms with Crippen LogP contribution in [0.5, 0.6) is 0 Å². The van der Waals surface area contributed by atoms with Crippen LogP contribution < -0.4 is 10.6 Å². The van der Waals surface area contributed by atoms with Crippen molar-refractivity contribution in [3.63, 3.8) is 0 Å². The number of aromatic nitrogens is 1. The lowest BCUT2D eigenvalue weighted by molar-refractivity contribution is -0.137. The van der Waals surface area contributed by atoms with E-state index in [1.807, 2.05) is 42.6 Å². The molecule has 11 heteroatoms. The predicted molar refractivity (Wildman–Crippen MR) is 150 cm³/mol. The third-order valence-corrected chi connectivity index (χ3v) is 8.81. The van der Waals surface area contributed by atoms with Crippen LogP contribution >= 0.6 is 11.3 Å². The van der Waals surface area contributed by atoms with Gasteiger partial charge < -0.3 is 20.6 Å². The first kappa shape index (κ1) is 29.2. The number of aliphatic hydroxyl groups is 1. The molecule has 0 unspecified atom stereocenters. The van der Waals surface area contributed by atoms with E-state index in [2.05, 4.69) is 15.6 Å². The van der Waals surface area contributed by atoms with E-state index in [4.69, 9.17) is 0 Å². The van der Waals surface area contributed by atoms with Gasteiger partial charge in [0.1, 0.15) is 5.01 Å². The third-order valence-electron chi connectivity index (χ3n) is 7.74. The van der Waals surface area contributed by atoms with Crippen LogP contribution in [0.2, 0.25) is 0 Å². The second-order valence-electron chi connectivity index (χ2n) is 10.7. The van der Waals surface area contributed by atoms with Gasteiger partial charge in [-0.15, -0.1) is 11.3 Å². The van der Waals surface area contributed by atoms with Crippen molar-refractivity contribution >= 4 is 23.2 Å². The number of aliphatic hydroxyl groups excluding tert-OH is 1. The fraction of sp³-hybridized carbons (Fsp3) is 0.433. The minimum Gasteiger partial charge on any atom is -0.389 e. The van der Waals surface area contributed by atoms with E-state index in [0.29, 0.717) is 25.8 Å². The molecule has 2 aliphatic rings. The highest BCUT2D eigenvalue weighted by molar-refractivity contribution is 7.09. The molecule has 218 valence electrons. The number of carbonyl (C=O) groups excluding carboxylic acids is 2. The Morgan fingerprint density at radius 1 is 1.15 bits per heavy atom. The average Bonchev–Trinajstić information content (AvgIpc) is 3.74. The Kier molecular flexibility index (Phi) is 8.77. The molecule has 0 bridgehead atoms. The van der Waals surface area contributed by atoms with E-state index in [9.17, 15) is 27.9 Å². The molecule has 3 heterocycles. The summed E-state index contributed by atoms with van der Waals surface area (Å²) >= 11 is 1.42. The van der Waals surface area contributed by atoms with E-state index in [-0.39, 0.29) is 23.2 Å². The van der Waals surface area contributed by atoms with Crippen molar-refractivity contribution in [3.05, 3.63) is 86.9 Å². The van der Waals surface area contributed by atoms with Gasteiger partial charge in [-0.1, -0.05) is 30.3 Å². The summed E-state index contributed by atoms with van der Waals surface area (Å²) in [5, 5.41) is 19.8. The topological polar surface area (TPSA) is 94.6 Å². The standard InChI is InChI=1S/C30H33F3N4O3S/c1-18-17-41-28(35-18)25-10-6-12-37(25)29(40)21-14-20(15-22(16-21)30(31,32)33)27(39)36-24(13-19-7-3-2-4-8-19)26(38)23-9-5-11-34-23/h2-4,7-8,14-17,23-26,34,38H,5-6,9-13H2,1H3,(H,36,39)/t23-,24+,25-,26-/m1/s1. The van der Waals surface area contributed by atoms with E-state index in [1.165, 1.54) is 17.4 Å². The summed E-state index contributed by atoms with van der Waals surface area (Å²) in [5.41, 5.74) is 0.123. The van der Waals surface area contributed by atoms with Crippen molar-refractivity contribution in [2.75, 3.05) is 13.1 Å². The first-order chi connectivity index (χ1) is 19.6. The first-order valence-corrected chi connectivity index (χ1v) is 14.7. The molecule has 3 aromatic rings. The molecule has 0 radical (unpaired) electrons. The summed E-state index contributed by atoms with van der Waals surface area (Å²) < 4.78 is 41.9. The van der Waals surface area contributed by atoms with Crippen molar-refractivity contribution in [2.45, 2.75) is 69.4 Å². The third kappa shape index (κ3) is 6.79. The summed E-state index contributed by atoms with van der Waals surface area (Å²) in [5.74, 6) is -1.35. The van der Waals surface area contributed by atoms with Gasteiger partial charge in [0.25, 0.3) is 11.8 Å². The molecular formula is C30H33F3N4O3S. The van der Waals surface area contributed by atoms with Crippen molar-refractivity contribution in [1.29, 1.82) is 0 Å². The summed E-state index contributed by atoms with van der Waals surface area (Å²) in [4.78, 5) is 33.1. The fourth-order valence-electron chi connectivity index (χ4n) is 5.66. The van der Waals surface area contributed by atoms with E-state index < -0.39 is 35.7 Å². The smallest absolute Gasteiger partial charge is 0.389 e. The molecule has 0 saturated carbocycles. The monoisotopic (exact) mass is 586 g/mol. The number of benzene rings is 2. The van der Waals surface area contributed by atoms with Crippen LogP contribution in [0, 0.1) is 6.92 Å².